The number of aromatic nitrogens is 2. The number of nitrogen functional groups attached to an aromatic ring is 1. The van der Waals surface area contributed by atoms with E-state index in [4.69, 9.17) is 10.5 Å². The van der Waals surface area contributed by atoms with Crippen LogP contribution >= 0.6 is 0 Å². The molecule has 0 fully saturated rings. The maximum atomic E-state index is 14.1. The summed E-state index contributed by atoms with van der Waals surface area (Å²) in [6.45, 7) is 5.34. The van der Waals surface area contributed by atoms with Crippen molar-refractivity contribution in [1.82, 2.24) is 9.55 Å². The normalized spacial score (nSPS) is 11.1. The Bertz CT molecular complexity index is 876. The third-order valence-electron chi connectivity index (χ3n) is 4.17. The summed E-state index contributed by atoms with van der Waals surface area (Å²) in [5.41, 5.74) is 5.70. The van der Waals surface area contributed by atoms with Gasteiger partial charge in [0.25, 0.3) is 5.56 Å². The minimum Gasteiger partial charge on any atom is -0.385 e. The fourth-order valence-electron chi connectivity index (χ4n) is 2.93. The van der Waals surface area contributed by atoms with E-state index in [-0.39, 0.29) is 29.8 Å². The molecule has 0 amide bonds. The zero-order chi connectivity index (χ0) is 20.0. The Morgan fingerprint density at radius 1 is 1.30 bits per heavy atom. The van der Waals surface area contributed by atoms with Gasteiger partial charge in [-0.25, -0.2) is 9.18 Å². The molecule has 1 aromatic heterocycles. The Hall–Kier alpha value is -2.61. The predicted octanol–water partition coefficient (Wildman–Crippen LogP) is 1.96. The number of methoxy groups -OCH3 is 1. The van der Waals surface area contributed by atoms with Crippen LogP contribution in [0.4, 0.5) is 15.9 Å². The molecule has 0 spiro atoms. The lowest BCUT2D eigenvalue weighted by Crippen LogP contribution is -2.39. The van der Waals surface area contributed by atoms with Crippen molar-refractivity contribution in [3.8, 4) is 0 Å². The summed E-state index contributed by atoms with van der Waals surface area (Å²) < 4.78 is 20.6. The number of ether oxygens (including phenoxy) is 1. The van der Waals surface area contributed by atoms with E-state index in [2.05, 4.69) is 4.98 Å². The van der Waals surface area contributed by atoms with Crippen molar-refractivity contribution in [2.45, 2.75) is 33.4 Å². The lowest BCUT2D eigenvalue weighted by molar-refractivity contribution is 0.196. The van der Waals surface area contributed by atoms with Gasteiger partial charge in [-0.2, -0.15) is 0 Å². The molecule has 0 aliphatic heterocycles. The maximum absolute atomic E-state index is 14.1. The molecule has 0 aliphatic carbocycles. The smallest absolute Gasteiger partial charge is 0.330 e. The lowest BCUT2D eigenvalue weighted by Gasteiger charge is -2.26. The Balaban J connectivity index is 2.49. The van der Waals surface area contributed by atoms with Crippen LogP contribution in [0.3, 0.4) is 0 Å². The standard InChI is InChI=1S/C19H27FN4O3/c1-13(2)11-24-17(21)16(18(25)22-19(24)26)23(9-6-10-27-3)12-14-7-4-5-8-15(14)20/h4-5,7-8,13H,6,9-12,21H2,1-3H3,(H,22,25,26). The number of aromatic amines is 1. The minimum atomic E-state index is -0.578. The second-order valence-electron chi connectivity index (χ2n) is 6.86. The third kappa shape index (κ3) is 5.19. The SMILES string of the molecule is COCCCN(Cc1ccccc1F)c1c(N)n(CC(C)C)c(=O)[nH]c1=O. The van der Waals surface area contributed by atoms with Gasteiger partial charge in [-0.3, -0.25) is 14.3 Å². The largest absolute Gasteiger partial charge is 0.385 e. The summed E-state index contributed by atoms with van der Waals surface area (Å²) >= 11 is 0. The van der Waals surface area contributed by atoms with Crippen molar-refractivity contribution in [2.75, 3.05) is 30.9 Å². The van der Waals surface area contributed by atoms with Gasteiger partial charge in [0.1, 0.15) is 17.3 Å². The van der Waals surface area contributed by atoms with Crippen LogP contribution in [0.15, 0.2) is 33.9 Å². The molecule has 0 saturated heterocycles. The molecule has 3 N–H and O–H groups in total. The van der Waals surface area contributed by atoms with E-state index < -0.39 is 11.2 Å². The fourth-order valence-corrected chi connectivity index (χ4v) is 2.93. The predicted molar refractivity (Wildman–Crippen MR) is 105 cm³/mol. The van der Waals surface area contributed by atoms with Crippen LogP contribution in [0.2, 0.25) is 0 Å². The van der Waals surface area contributed by atoms with Crippen LogP contribution in [0.5, 0.6) is 0 Å². The van der Waals surface area contributed by atoms with Crippen LogP contribution in [-0.4, -0.2) is 29.8 Å². The summed E-state index contributed by atoms with van der Waals surface area (Å²) in [5, 5.41) is 0. The molecule has 1 heterocycles. The topological polar surface area (TPSA) is 93.3 Å². The van der Waals surface area contributed by atoms with Crippen molar-refractivity contribution in [3.63, 3.8) is 0 Å². The molecule has 0 unspecified atom stereocenters. The molecule has 1 aromatic carbocycles. The molecule has 27 heavy (non-hydrogen) atoms. The van der Waals surface area contributed by atoms with Gasteiger partial charge in [-0.15, -0.1) is 0 Å². The summed E-state index contributed by atoms with van der Waals surface area (Å²) in [5.74, 6) is -0.108. The third-order valence-corrected chi connectivity index (χ3v) is 4.17. The Kier molecular flexibility index (Phi) is 7.18. The van der Waals surface area contributed by atoms with Crippen LogP contribution in [-0.2, 0) is 17.8 Å². The number of anilines is 2. The quantitative estimate of drug-likeness (QED) is 0.651. The number of hydrogen-bond acceptors (Lipinski definition) is 5. The number of benzene rings is 1. The number of nitrogens with two attached hydrogens (primary N) is 1. The summed E-state index contributed by atoms with van der Waals surface area (Å²) in [4.78, 5) is 28.7. The molecule has 0 saturated carbocycles. The van der Waals surface area contributed by atoms with Gasteiger partial charge < -0.3 is 15.4 Å². The van der Waals surface area contributed by atoms with E-state index in [9.17, 15) is 14.0 Å². The fraction of sp³-hybridized carbons (Fsp3) is 0.474. The van der Waals surface area contributed by atoms with E-state index in [1.807, 2.05) is 13.8 Å². The number of halogens is 1. The van der Waals surface area contributed by atoms with Crippen LogP contribution in [0.25, 0.3) is 0 Å². The van der Waals surface area contributed by atoms with E-state index in [0.29, 0.717) is 31.7 Å². The number of rotatable bonds is 9. The van der Waals surface area contributed by atoms with Crippen molar-refractivity contribution < 1.29 is 9.13 Å². The minimum absolute atomic E-state index is 0.0891. The second kappa shape index (κ2) is 9.36. The molecular formula is C19H27FN4O3. The second-order valence-corrected chi connectivity index (χ2v) is 6.86. The number of nitrogens with zero attached hydrogens (tertiary/aromatic N) is 2. The number of hydrogen-bond donors (Lipinski definition) is 2. The van der Waals surface area contributed by atoms with Gasteiger partial charge in [0.05, 0.1) is 0 Å². The molecule has 0 aliphatic rings. The summed E-state index contributed by atoms with van der Waals surface area (Å²) in [6, 6.07) is 6.38. The zero-order valence-electron chi connectivity index (χ0n) is 16.0. The molecule has 148 valence electrons. The molecular weight excluding hydrogens is 351 g/mol. The van der Waals surface area contributed by atoms with E-state index in [0.717, 1.165) is 0 Å². The average Bonchev–Trinajstić information content (AvgIpc) is 2.60. The van der Waals surface area contributed by atoms with E-state index in [1.54, 1.807) is 30.2 Å². The Labute approximate surface area is 157 Å². The van der Waals surface area contributed by atoms with Gasteiger partial charge in [-0.1, -0.05) is 32.0 Å². The van der Waals surface area contributed by atoms with Gasteiger partial charge in [0.15, 0.2) is 0 Å². The first-order chi connectivity index (χ1) is 12.8. The molecule has 2 rings (SSSR count). The van der Waals surface area contributed by atoms with E-state index in [1.165, 1.54) is 10.6 Å². The van der Waals surface area contributed by atoms with Gasteiger partial charge >= 0.3 is 5.69 Å². The molecule has 8 heteroatoms. The van der Waals surface area contributed by atoms with Crippen molar-refractivity contribution >= 4 is 11.5 Å². The average molecular weight is 378 g/mol. The van der Waals surface area contributed by atoms with Gasteiger partial charge in [0, 0.05) is 38.9 Å². The molecule has 0 bridgehead atoms. The Morgan fingerprint density at radius 3 is 2.63 bits per heavy atom. The first-order valence-electron chi connectivity index (χ1n) is 8.95. The summed E-state index contributed by atoms with van der Waals surface area (Å²) in [6.07, 6.45) is 0.618. The highest BCUT2D eigenvalue weighted by atomic mass is 19.1. The van der Waals surface area contributed by atoms with Crippen LogP contribution in [0.1, 0.15) is 25.8 Å². The summed E-state index contributed by atoms with van der Waals surface area (Å²) in [7, 11) is 1.59. The molecule has 7 nitrogen and oxygen atoms in total. The van der Waals surface area contributed by atoms with E-state index >= 15 is 0 Å². The highest BCUT2D eigenvalue weighted by Gasteiger charge is 2.20. The van der Waals surface area contributed by atoms with Crippen LogP contribution < -0.4 is 21.9 Å². The Morgan fingerprint density at radius 2 is 2.00 bits per heavy atom. The monoisotopic (exact) mass is 378 g/mol. The highest BCUT2D eigenvalue weighted by Crippen LogP contribution is 2.21. The first kappa shape index (κ1) is 20.7. The van der Waals surface area contributed by atoms with Crippen LogP contribution in [0, 0.1) is 11.7 Å². The van der Waals surface area contributed by atoms with Crippen molar-refractivity contribution in [1.29, 1.82) is 0 Å². The number of nitrogens with one attached hydrogen (secondary N) is 1. The van der Waals surface area contributed by atoms with Crippen molar-refractivity contribution in [2.24, 2.45) is 5.92 Å². The lowest BCUT2D eigenvalue weighted by atomic mass is 10.2. The van der Waals surface area contributed by atoms with Crippen molar-refractivity contribution in [3.05, 3.63) is 56.5 Å². The molecule has 0 atom stereocenters. The van der Waals surface area contributed by atoms with Gasteiger partial charge in [0.2, 0.25) is 0 Å². The molecule has 0 radical (unpaired) electrons. The maximum Gasteiger partial charge on any atom is 0.330 e. The number of H-pyrrole nitrogens is 1. The highest BCUT2D eigenvalue weighted by molar-refractivity contribution is 5.62. The molecule has 2 aromatic rings. The zero-order valence-corrected chi connectivity index (χ0v) is 16.0. The first-order valence-corrected chi connectivity index (χ1v) is 8.95. The van der Waals surface area contributed by atoms with Gasteiger partial charge in [-0.05, 0) is 18.4 Å².